The Hall–Kier alpha value is -4.35. The third-order valence-electron chi connectivity index (χ3n) is 6.00. The van der Waals surface area contributed by atoms with Gasteiger partial charge in [-0.15, -0.1) is 0 Å². The van der Waals surface area contributed by atoms with Crippen molar-refractivity contribution in [1.82, 2.24) is 9.66 Å². The van der Waals surface area contributed by atoms with Gasteiger partial charge in [-0.25, -0.2) is 4.98 Å². The van der Waals surface area contributed by atoms with E-state index in [1.165, 1.54) is 23.9 Å². The lowest BCUT2D eigenvalue weighted by atomic mass is 10.2. The van der Waals surface area contributed by atoms with Gasteiger partial charge < -0.3 is 9.47 Å². The van der Waals surface area contributed by atoms with Crippen molar-refractivity contribution in [1.29, 1.82) is 0 Å². The molecule has 0 aliphatic rings. The van der Waals surface area contributed by atoms with Crippen LogP contribution in [0, 0.1) is 10.1 Å². The topological polar surface area (TPSA) is 109 Å². The molecule has 5 aromatic rings. The number of hydrogen-bond donors (Lipinski definition) is 0. The molecule has 1 heterocycles. The average molecular weight is 664 g/mol. The lowest BCUT2D eigenvalue weighted by Gasteiger charge is -2.15. The highest BCUT2D eigenvalue weighted by molar-refractivity contribution is 9.13. The summed E-state index contributed by atoms with van der Waals surface area (Å²) in [6, 6.07) is 24.4. The van der Waals surface area contributed by atoms with Crippen LogP contribution in [-0.2, 0) is 6.61 Å². The van der Waals surface area contributed by atoms with E-state index in [2.05, 4.69) is 37.0 Å². The summed E-state index contributed by atoms with van der Waals surface area (Å²) in [4.78, 5) is 28.6. The van der Waals surface area contributed by atoms with E-state index in [-0.39, 0.29) is 17.9 Å². The Bertz CT molecular complexity index is 1810. The second-order valence-electron chi connectivity index (χ2n) is 8.52. The minimum absolute atomic E-state index is 0.00466. The van der Waals surface area contributed by atoms with Crippen molar-refractivity contribution < 1.29 is 14.4 Å². The number of benzene rings is 4. The summed E-state index contributed by atoms with van der Waals surface area (Å²) >= 11 is 7.16. The quantitative estimate of drug-likeness (QED) is 0.101. The molecule has 0 amide bonds. The van der Waals surface area contributed by atoms with Crippen LogP contribution in [0.1, 0.15) is 11.1 Å². The van der Waals surface area contributed by atoms with E-state index in [1.54, 1.807) is 42.6 Å². The summed E-state index contributed by atoms with van der Waals surface area (Å²) in [7, 11) is 1.51. The number of para-hydroxylation sites is 1. The summed E-state index contributed by atoms with van der Waals surface area (Å²) in [5.41, 5.74) is 2.40. The molecule has 0 saturated carbocycles. The van der Waals surface area contributed by atoms with Crippen molar-refractivity contribution in [2.45, 2.75) is 6.61 Å². The smallest absolute Gasteiger partial charge is 0.282 e. The number of hydrogen-bond acceptors (Lipinski definition) is 7. The fourth-order valence-electron chi connectivity index (χ4n) is 3.98. The number of ether oxygens (including phenoxy) is 2. The summed E-state index contributed by atoms with van der Waals surface area (Å²) in [5, 5.41) is 15.9. The molecule has 5 rings (SSSR count). The molecule has 0 N–H and O–H groups in total. The van der Waals surface area contributed by atoms with E-state index in [0.29, 0.717) is 42.7 Å². The van der Waals surface area contributed by atoms with E-state index < -0.39 is 4.92 Å². The summed E-state index contributed by atoms with van der Waals surface area (Å²) in [6.45, 7) is 0.158. The predicted molar refractivity (Wildman–Crippen MR) is 160 cm³/mol. The maximum absolute atomic E-state index is 13.5. The van der Waals surface area contributed by atoms with Crippen LogP contribution in [0.2, 0.25) is 0 Å². The van der Waals surface area contributed by atoms with Crippen molar-refractivity contribution in [2.24, 2.45) is 5.10 Å². The van der Waals surface area contributed by atoms with Gasteiger partial charge in [0.05, 0.1) is 33.6 Å². The van der Waals surface area contributed by atoms with Crippen LogP contribution in [-0.4, -0.2) is 27.9 Å². The fraction of sp³-hybridized carbons (Fsp3) is 0.0690. The molecule has 11 heteroatoms. The van der Waals surface area contributed by atoms with E-state index in [0.717, 1.165) is 11.1 Å². The van der Waals surface area contributed by atoms with Crippen LogP contribution in [0.4, 0.5) is 5.69 Å². The van der Waals surface area contributed by atoms with Gasteiger partial charge in [0.2, 0.25) is 0 Å². The highest BCUT2D eigenvalue weighted by Crippen LogP contribution is 2.42. The van der Waals surface area contributed by atoms with Gasteiger partial charge in [0, 0.05) is 27.7 Å². The van der Waals surface area contributed by atoms with Gasteiger partial charge in [-0.1, -0.05) is 42.5 Å². The molecule has 0 aliphatic carbocycles. The largest absolute Gasteiger partial charge is 0.493 e. The van der Waals surface area contributed by atoms with Crippen molar-refractivity contribution in [3.05, 3.63) is 125 Å². The van der Waals surface area contributed by atoms with Crippen LogP contribution in [0.25, 0.3) is 22.3 Å². The number of nitro benzene ring substituents is 1. The maximum Gasteiger partial charge on any atom is 0.282 e. The highest BCUT2D eigenvalue weighted by atomic mass is 79.9. The summed E-state index contributed by atoms with van der Waals surface area (Å²) in [6.07, 6.45) is 1.54. The van der Waals surface area contributed by atoms with Gasteiger partial charge in [-0.3, -0.25) is 14.9 Å². The van der Waals surface area contributed by atoms with E-state index >= 15 is 0 Å². The number of rotatable bonds is 8. The number of fused-ring (bicyclic) bond motifs is 1. The third kappa shape index (κ3) is 5.51. The first kappa shape index (κ1) is 27.2. The molecule has 0 spiro atoms. The number of methoxy groups -OCH3 is 1. The van der Waals surface area contributed by atoms with Crippen molar-refractivity contribution in [3.8, 4) is 22.9 Å². The Balaban J connectivity index is 1.51. The van der Waals surface area contributed by atoms with Crippen molar-refractivity contribution in [3.63, 3.8) is 0 Å². The number of nitrogens with zero attached hydrogens (tertiary/aromatic N) is 4. The highest BCUT2D eigenvalue weighted by Gasteiger charge is 2.18. The van der Waals surface area contributed by atoms with Crippen LogP contribution in [0.3, 0.4) is 0 Å². The molecule has 40 heavy (non-hydrogen) atoms. The summed E-state index contributed by atoms with van der Waals surface area (Å²) < 4.78 is 14.1. The lowest BCUT2D eigenvalue weighted by molar-refractivity contribution is -0.384. The monoisotopic (exact) mass is 662 g/mol. The van der Waals surface area contributed by atoms with Crippen LogP contribution in [0.5, 0.6) is 11.5 Å². The van der Waals surface area contributed by atoms with E-state index in [4.69, 9.17) is 14.5 Å². The van der Waals surface area contributed by atoms with Crippen molar-refractivity contribution in [2.75, 3.05) is 7.11 Å². The minimum atomic E-state index is -0.452. The Morgan fingerprint density at radius 1 is 1.00 bits per heavy atom. The zero-order chi connectivity index (χ0) is 28.2. The molecule has 0 unspecified atom stereocenters. The second kappa shape index (κ2) is 11.8. The van der Waals surface area contributed by atoms with E-state index in [9.17, 15) is 14.9 Å². The zero-order valence-corrected chi connectivity index (χ0v) is 24.1. The molecule has 0 atom stereocenters. The first-order valence-corrected chi connectivity index (χ1v) is 13.5. The molecule has 0 saturated heterocycles. The van der Waals surface area contributed by atoms with Gasteiger partial charge in [0.25, 0.3) is 11.2 Å². The molecule has 4 aromatic carbocycles. The van der Waals surface area contributed by atoms with E-state index in [1.807, 2.05) is 36.4 Å². The SMILES string of the molecule is COc1cc(C=Nn2c(-c3ccccc3)nc3ccccc3c2=O)c(Br)c(Br)c1OCc1ccc([N+](=O)[O-])cc1. The maximum atomic E-state index is 13.5. The Morgan fingerprint density at radius 2 is 1.70 bits per heavy atom. The number of aromatic nitrogens is 2. The molecular formula is C29H20Br2N4O5. The Morgan fingerprint density at radius 3 is 2.40 bits per heavy atom. The molecule has 0 fully saturated rings. The minimum Gasteiger partial charge on any atom is -0.493 e. The third-order valence-corrected chi connectivity index (χ3v) is 8.15. The Kier molecular flexibility index (Phi) is 8.04. The zero-order valence-electron chi connectivity index (χ0n) is 21.0. The molecule has 9 nitrogen and oxygen atoms in total. The normalized spacial score (nSPS) is 11.2. The molecule has 0 bridgehead atoms. The van der Waals surface area contributed by atoms with Gasteiger partial charge in [-0.2, -0.15) is 9.78 Å². The molecule has 1 aromatic heterocycles. The molecule has 0 radical (unpaired) electrons. The summed E-state index contributed by atoms with van der Waals surface area (Å²) in [5.74, 6) is 1.26. The second-order valence-corrected chi connectivity index (χ2v) is 10.1. The van der Waals surface area contributed by atoms with Crippen molar-refractivity contribution >= 4 is 54.7 Å². The molecular weight excluding hydrogens is 644 g/mol. The Labute approximate surface area is 245 Å². The number of nitro groups is 1. The van der Waals surface area contributed by atoms with Gasteiger partial charge in [0.15, 0.2) is 17.3 Å². The standard InChI is InChI=1S/C29H20Br2N4O5/c1-39-24-15-20(25(30)26(31)27(24)40-17-18-11-13-21(14-12-18)35(37)38)16-32-34-28(19-7-3-2-4-8-19)33-23-10-6-5-9-22(23)29(34)36/h2-16H,17H2,1H3. The number of non-ortho nitro benzene ring substituents is 1. The fourth-order valence-corrected chi connectivity index (χ4v) is 4.91. The van der Waals surface area contributed by atoms with Gasteiger partial charge in [-0.05, 0) is 67.8 Å². The van der Waals surface area contributed by atoms with Crippen LogP contribution >= 0.6 is 31.9 Å². The first-order valence-electron chi connectivity index (χ1n) is 11.9. The molecule has 0 aliphatic heterocycles. The molecule has 200 valence electrons. The average Bonchev–Trinajstić information content (AvgIpc) is 2.98. The van der Waals surface area contributed by atoms with Crippen LogP contribution in [0.15, 0.2) is 104 Å². The lowest BCUT2D eigenvalue weighted by Crippen LogP contribution is -2.20. The van der Waals surface area contributed by atoms with Crippen LogP contribution < -0.4 is 15.0 Å². The number of halogens is 2. The predicted octanol–water partition coefficient (Wildman–Crippen LogP) is 6.97. The van der Waals surface area contributed by atoms with Gasteiger partial charge >= 0.3 is 0 Å². The van der Waals surface area contributed by atoms with Gasteiger partial charge in [0.1, 0.15) is 6.61 Å². The first-order chi connectivity index (χ1) is 19.4.